The molecule has 0 bridgehead atoms. The second-order valence-corrected chi connectivity index (χ2v) is 9.48. The Morgan fingerprint density at radius 2 is 1.73 bits per heavy atom. The smallest absolute Gasteiger partial charge is 0.260 e. The van der Waals surface area contributed by atoms with Crippen molar-refractivity contribution in [1.29, 1.82) is 0 Å². The first-order valence-electron chi connectivity index (χ1n) is 12.2. The predicted octanol–water partition coefficient (Wildman–Crippen LogP) is 2.73. The summed E-state index contributed by atoms with van der Waals surface area (Å²) in [6.45, 7) is 6.17. The second-order valence-electron chi connectivity index (χ2n) is 9.48. The lowest BCUT2D eigenvalue weighted by Gasteiger charge is -2.37. The van der Waals surface area contributed by atoms with Crippen molar-refractivity contribution in [3.8, 4) is 5.69 Å². The molecular formula is C27H26N8O2. The molecule has 1 saturated heterocycles. The zero-order valence-electron chi connectivity index (χ0n) is 20.5. The first-order valence-corrected chi connectivity index (χ1v) is 12.2. The number of carbonyl (C=O) groups is 2. The molecule has 4 aromatic rings. The molecule has 2 aromatic heterocycles. The summed E-state index contributed by atoms with van der Waals surface area (Å²) >= 11 is 0. The number of fused-ring (bicyclic) bond motifs is 2. The number of hydrogen-bond donors (Lipinski definition) is 3. The summed E-state index contributed by atoms with van der Waals surface area (Å²) in [6, 6.07) is 17.6. The van der Waals surface area contributed by atoms with Crippen molar-refractivity contribution >= 4 is 39.9 Å². The van der Waals surface area contributed by atoms with Crippen molar-refractivity contribution in [2.75, 3.05) is 23.3 Å². The van der Waals surface area contributed by atoms with Gasteiger partial charge in [-0.25, -0.2) is 9.67 Å². The van der Waals surface area contributed by atoms with Crippen LogP contribution in [0.5, 0.6) is 0 Å². The highest BCUT2D eigenvalue weighted by atomic mass is 16.2. The lowest BCUT2D eigenvalue weighted by molar-refractivity contribution is -0.114. The van der Waals surface area contributed by atoms with Gasteiger partial charge in [-0.1, -0.05) is 17.3 Å². The first-order chi connectivity index (χ1) is 18.0. The number of piperazine rings is 1. The molecule has 2 aliphatic rings. The second kappa shape index (κ2) is 9.14. The average molecular weight is 495 g/mol. The number of aromatic nitrogens is 4. The number of benzene rings is 2. The molecule has 3 N–H and O–H groups in total. The number of pyridine rings is 1. The van der Waals surface area contributed by atoms with E-state index in [9.17, 15) is 9.59 Å². The quantitative estimate of drug-likeness (QED) is 0.293. The molecule has 0 unspecified atom stereocenters. The van der Waals surface area contributed by atoms with Crippen LogP contribution in [0.15, 0.2) is 67.0 Å². The molecule has 0 saturated carbocycles. The zero-order chi connectivity index (χ0) is 25.5. The molecule has 37 heavy (non-hydrogen) atoms. The van der Waals surface area contributed by atoms with E-state index < -0.39 is 11.8 Å². The molecular weight excluding hydrogens is 468 g/mol. The van der Waals surface area contributed by atoms with Crippen LogP contribution in [0.3, 0.4) is 0 Å². The molecule has 0 aliphatic carbocycles. The van der Waals surface area contributed by atoms with Crippen molar-refractivity contribution in [2.45, 2.75) is 25.9 Å². The van der Waals surface area contributed by atoms with E-state index in [-0.39, 0.29) is 0 Å². The van der Waals surface area contributed by atoms with Crippen LogP contribution in [0, 0.1) is 0 Å². The topological polar surface area (TPSA) is 117 Å². The van der Waals surface area contributed by atoms with E-state index in [4.69, 9.17) is 0 Å². The van der Waals surface area contributed by atoms with E-state index in [1.165, 1.54) is 0 Å². The Morgan fingerprint density at radius 3 is 2.51 bits per heavy atom. The Balaban J connectivity index is 1.29. The van der Waals surface area contributed by atoms with Gasteiger partial charge in [0.2, 0.25) is 0 Å². The minimum absolute atomic E-state index is 0.330. The number of anilines is 2. The fraction of sp³-hybridized carbons (Fsp3) is 0.222. The van der Waals surface area contributed by atoms with E-state index >= 15 is 0 Å². The number of rotatable bonds is 4. The number of carbonyl (C=O) groups excluding carboxylic acids is 2. The highest BCUT2D eigenvalue weighted by Crippen LogP contribution is 2.28. The van der Waals surface area contributed by atoms with E-state index in [1.807, 2.05) is 42.6 Å². The summed E-state index contributed by atoms with van der Waals surface area (Å²) in [5.74, 6) is -0.322. The minimum Gasteiger partial charge on any atom is -0.367 e. The predicted molar refractivity (Wildman–Crippen MR) is 141 cm³/mol. The van der Waals surface area contributed by atoms with Gasteiger partial charge in [0.05, 0.1) is 28.7 Å². The zero-order valence-corrected chi connectivity index (χ0v) is 20.5. The number of imide groups is 1. The van der Waals surface area contributed by atoms with E-state index in [2.05, 4.69) is 50.0 Å². The summed E-state index contributed by atoms with van der Waals surface area (Å²) in [5, 5.41) is 17.5. The van der Waals surface area contributed by atoms with Crippen molar-refractivity contribution < 1.29 is 9.59 Å². The van der Waals surface area contributed by atoms with Gasteiger partial charge in [-0.3, -0.25) is 14.9 Å². The molecule has 0 spiro atoms. The molecule has 10 heteroatoms. The van der Waals surface area contributed by atoms with Crippen LogP contribution in [-0.4, -0.2) is 57.0 Å². The number of nitrogens with zero attached hydrogens (tertiary/aromatic N) is 5. The molecule has 10 nitrogen and oxygen atoms in total. The van der Waals surface area contributed by atoms with Gasteiger partial charge in [-0.2, -0.15) is 0 Å². The monoisotopic (exact) mass is 494 g/mol. The van der Waals surface area contributed by atoms with Gasteiger partial charge < -0.3 is 15.5 Å². The van der Waals surface area contributed by atoms with E-state index in [1.54, 1.807) is 29.1 Å². The van der Waals surface area contributed by atoms with Crippen LogP contribution in [0.4, 0.5) is 11.5 Å². The number of nitrogens with one attached hydrogen (secondary N) is 3. The fourth-order valence-corrected chi connectivity index (χ4v) is 4.99. The lowest BCUT2D eigenvalue weighted by atomic mass is 9.95. The van der Waals surface area contributed by atoms with Crippen molar-refractivity contribution in [1.82, 2.24) is 30.6 Å². The van der Waals surface area contributed by atoms with Gasteiger partial charge >= 0.3 is 0 Å². The van der Waals surface area contributed by atoms with Crippen LogP contribution in [0.1, 0.15) is 29.8 Å². The van der Waals surface area contributed by atoms with Crippen molar-refractivity contribution in [3.63, 3.8) is 0 Å². The largest absolute Gasteiger partial charge is 0.367 e. The third kappa shape index (κ3) is 4.31. The summed E-state index contributed by atoms with van der Waals surface area (Å²) in [4.78, 5) is 32.2. The SMILES string of the molecule is C[C@@H]1CN(c2ccc(N/C=C3\C(=O)NC(=O)c4ccc(-n5nnc6ccccc65)cc43)nc2)C[C@H](C)N1. The normalized spacial score (nSPS) is 20.7. The number of amides is 2. The minimum atomic E-state index is -0.481. The Hall–Kier alpha value is -4.57. The van der Waals surface area contributed by atoms with E-state index in [0.29, 0.717) is 40.3 Å². The third-order valence-electron chi connectivity index (χ3n) is 6.64. The highest BCUT2D eigenvalue weighted by molar-refractivity contribution is 6.31. The highest BCUT2D eigenvalue weighted by Gasteiger charge is 2.28. The molecule has 0 radical (unpaired) electrons. The average Bonchev–Trinajstić information content (AvgIpc) is 3.32. The molecule has 2 aliphatic heterocycles. The Morgan fingerprint density at radius 1 is 0.946 bits per heavy atom. The van der Waals surface area contributed by atoms with Gasteiger partial charge in [-0.15, -0.1) is 5.10 Å². The van der Waals surface area contributed by atoms with Crippen molar-refractivity contribution in [3.05, 3.63) is 78.1 Å². The maximum atomic E-state index is 12.8. The Labute approximate surface area is 213 Å². The van der Waals surface area contributed by atoms with Gasteiger partial charge in [0, 0.05) is 42.5 Å². The van der Waals surface area contributed by atoms with E-state index in [0.717, 1.165) is 29.8 Å². The number of para-hydroxylation sites is 1. The summed E-state index contributed by atoms with van der Waals surface area (Å²) in [5.41, 5.74) is 4.58. The van der Waals surface area contributed by atoms with Crippen LogP contribution in [0.25, 0.3) is 22.3 Å². The molecule has 1 fully saturated rings. The van der Waals surface area contributed by atoms with Gasteiger partial charge in [0.25, 0.3) is 11.8 Å². The van der Waals surface area contributed by atoms with Gasteiger partial charge in [0.15, 0.2) is 0 Å². The standard InChI is InChI=1S/C27H26N8O2/c1-16-14-34(15-17(2)30-16)19-8-10-25(28-12-19)29-13-22-21-11-18(7-9-20(21)26(36)31-27(22)37)35-24-6-4-3-5-23(24)32-33-35/h3-13,16-17,30H,14-15H2,1-2H3,(H,28,29)(H,31,36,37)/b22-13-/t16-,17+. The fourth-order valence-electron chi connectivity index (χ4n) is 4.99. The summed E-state index contributed by atoms with van der Waals surface area (Å²) in [7, 11) is 0. The van der Waals surface area contributed by atoms with Gasteiger partial charge in [0.1, 0.15) is 11.3 Å². The maximum absolute atomic E-state index is 12.8. The Kier molecular flexibility index (Phi) is 5.65. The van der Waals surface area contributed by atoms with Crippen molar-refractivity contribution in [2.24, 2.45) is 0 Å². The summed E-state index contributed by atoms with van der Waals surface area (Å²) in [6.07, 6.45) is 3.42. The van der Waals surface area contributed by atoms with Crippen LogP contribution >= 0.6 is 0 Å². The third-order valence-corrected chi connectivity index (χ3v) is 6.64. The molecule has 4 heterocycles. The van der Waals surface area contributed by atoms with Gasteiger partial charge in [-0.05, 0) is 56.3 Å². The number of hydrogen-bond acceptors (Lipinski definition) is 8. The van der Waals surface area contributed by atoms with Crippen LogP contribution < -0.4 is 20.9 Å². The molecule has 186 valence electrons. The lowest BCUT2D eigenvalue weighted by Crippen LogP contribution is -2.54. The molecule has 6 rings (SSSR count). The Bertz CT molecular complexity index is 1530. The molecule has 2 atom stereocenters. The molecule has 2 amide bonds. The first kappa shape index (κ1) is 22.9. The molecule has 2 aromatic carbocycles. The summed E-state index contributed by atoms with van der Waals surface area (Å²) < 4.78 is 1.69. The maximum Gasteiger partial charge on any atom is 0.260 e. The van der Waals surface area contributed by atoms with Crippen LogP contribution in [-0.2, 0) is 4.79 Å². The van der Waals surface area contributed by atoms with Crippen LogP contribution in [0.2, 0.25) is 0 Å².